The first-order chi connectivity index (χ1) is 8.47. The van der Waals surface area contributed by atoms with Gasteiger partial charge in [-0.2, -0.15) is 0 Å². The summed E-state index contributed by atoms with van der Waals surface area (Å²) in [5, 5.41) is 13.3. The number of aromatic nitrogens is 1. The van der Waals surface area contributed by atoms with E-state index in [-0.39, 0.29) is 30.3 Å². The van der Waals surface area contributed by atoms with Crippen LogP contribution in [0.5, 0.6) is 0 Å². The van der Waals surface area contributed by atoms with E-state index >= 15 is 0 Å². The number of nitrogens with zero attached hydrogens (tertiary/aromatic N) is 2. The molecule has 108 valence electrons. The van der Waals surface area contributed by atoms with Crippen LogP contribution in [0.4, 0.5) is 0 Å². The van der Waals surface area contributed by atoms with Crippen LogP contribution in [0.2, 0.25) is 0 Å². The number of carbonyl (C=O) groups is 1. The van der Waals surface area contributed by atoms with Crippen molar-refractivity contribution in [2.45, 2.75) is 38.5 Å². The zero-order valence-electron chi connectivity index (χ0n) is 11.1. The van der Waals surface area contributed by atoms with Crippen LogP contribution < -0.4 is 5.73 Å². The number of hydrogen-bond acceptors (Lipinski definition) is 5. The molecule has 0 bridgehead atoms. The number of amides is 1. The third-order valence-corrected chi connectivity index (χ3v) is 3.37. The monoisotopic (exact) mass is 289 g/mol. The van der Waals surface area contributed by atoms with Crippen molar-refractivity contribution < 1.29 is 14.4 Å². The van der Waals surface area contributed by atoms with E-state index in [1.807, 2.05) is 6.92 Å². The van der Waals surface area contributed by atoms with E-state index in [9.17, 15) is 9.90 Å². The highest BCUT2D eigenvalue weighted by atomic mass is 35.5. The first kappa shape index (κ1) is 15.9. The Balaban J connectivity index is 0.00000180. The maximum Gasteiger partial charge on any atom is 0.225 e. The van der Waals surface area contributed by atoms with Gasteiger partial charge in [0, 0.05) is 25.1 Å². The van der Waals surface area contributed by atoms with Crippen molar-refractivity contribution in [3.8, 4) is 0 Å². The van der Waals surface area contributed by atoms with Crippen LogP contribution >= 0.6 is 12.4 Å². The van der Waals surface area contributed by atoms with Crippen LogP contribution in [0.15, 0.2) is 10.6 Å². The number of rotatable bonds is 3. The van der Waals surface area contributed by atoms with Crippen LogP contribution in [0.1, 0.15) is 24.3 Å². The number of aryl methyl sites for hydroxylation is 1. The number of carbonyl (C=O) groups excluding carboxylic acids is 1. The summed E-state index contributed by atoms with van der Waals surface area (Å²) in [7, 11) is 1.72. The molecule has 6 nitrogen and oxygen atoms in total. The van der Waals surface area contributed by atoms with Crippen molar-refractivity contribution in [2.75, 3.05) is 7.05 Å². The fourth-order valence-corrected chi connectivity index (χ4v) is 2.36. The van der Waals surface area contributed by atoms with E-state index in [1.165, 1.54) is 0 Å². The van der Waals surface area contributed by atoms with E-state index < -0.39 is 6.10 Å². The van der Waals surface area contributed by atoms with Crippen LogP contribution in [0, 0.1) is 12.8 Å². The first-order valence-corrected chi connectivity index (χ1v) is 6.08. The van der Waals surface area contributed by atoms with Crippen LogP contribution in [0.25, 0.3) is 0 Å². The van der Waals surface area contributed by atoms with Gasteiger partial charge in [0.25, 0.3) is 0 Å². The molecule has 0 unspecified atom stereocenters. The van der Waals surface area contributed by atoms with Gasteiger partial charge in [-0.25, -0.2) is 0 Å². The highest BCUT2D eigenvalue weighted by Gasteiger charge is 2.36. The molecule has 1 aromatic heterocycles. The van der Waals surface area contributed by atoms with E-state index in [1.54, 1.807) is 18.0 Å². The van der Waals surface area contributed by atoms with Gasteiger partial charge in [-0.15, -0.1) is 12.4 Å². The lowest BCUT2D eigenvalue weighted by Gasteiger charge is -2.19. The van der Waals surface area contributed by atoms with Gasteiger partial charge in [-0.05, 0) is 19.8 Å². The molecule has 1 fully saturated rings. The average Bonchev–Trinajstić information content (AvgIpc) is 2.85. The quantitative estimate of drug-likeness (QED) is 0.843. The van der Waals surface area contributed by atoms with Gasteiger partial charge in [-0.3, -0.25) is 4.79 Å². The second-order valence-corrected chi connectivity index (χ2v) is 5.03. The lowest BCUT2D eigenvalue weighted by Crippen LogP contribution is -2.32. The Morgan fingerprint density at radius 3 is 2.79 bits per heavy atom. The summed E-state index contributed by atoms with van der Waals surface area (Å²) in [6, 6.07) is 1.51. The van der Waals surface area contributed by atoms with Gasteiger partial charge in [-0.1, -0.05) is 5.16 Å². The predicted octanol–water partition coefficient (Wildman–Crippen LogP) is 0.461. The molecule has 19 heavy (non-hydrogen) atoms. The van der Waals surface area contributed by atoms with Gasteiger partial charge in [0.15, 0.2) is 5.76 Å². The maximum absolute atomic E-state index is 12.1. The molecule has 1 aromatic rings. The van der Waals surface area contributed by atoms with Gasteiger partial charge in [0.2, 0.25) is 5.91 Å². The van der Waals surface area contributed by atoms with Gasteiger partial charge in [0.05, 0.1) is 18.3 Å². The van der Waals surface area contributed by atoms with Crippen molar-refractivity contribution in [3.63, 3.8) is 0 Å². The fraction of sp³-hybridized carbons (Fsp3) is 0.667. The molecule has 2 rings (SSSR count). The third kappa shape index (κ3) is 3.68. The molecular weight excluding hydrogens is 270 g/mol. The molecule has 0 spiro atoms. The van der Waals surface area contributed by atoms with E-state index in [4.69, 9.17) is 10.3 Å². The molecule has 0 saturated heterocycles. The zero-order valence-corrected chi connectivity index (χ0v) is 11.9. The van der Waals surface area contributed by atoms with Gasteiger partial charge >= 0.3 is 0 Å². The lowest BCUT2D eigenvalue weighted by atomic mass is 10.1. The fourth-order valence-electron chi connectivity index (χ4n) is 2.36. The van der Waals surface area contributed by atoms with E-state index in [2.05, 4.69) is 5.16 Å². The summed E-state index contributed by atoms with van der Waals surface area (Å²) in [6.07, 6.45) is 0.416. The molecule has 0 aliphatic heterocycles. The summed E-state index contributed by atoms with van der Waals surface area (Å²) in [4.78, 5) is 13.7. The molecule has 1 saturated carbocycles. The molecular formula is C12H20ClN3O3. The predicted molar refractivity (Wildman–Crippen MR) is 71.7 cm³/mol. The molecule has 1 heterocycles. The molecule has 3 N–H and O–H groups in total. The standard InChI is InChI=1S/C12H19N3O3.ClH/c1-7-3-9(18-14-7)6-15(2)12(17)8-4-10(13)11(16)5-8;/h3,8,10-11,16H,4-6,13H2,1-2H3;1H/t8-,10+,11+;/m0./s1. The number of aliphatic hydroxyl groups excluding tert-OH is 1. The minimum absolute atomic E-state index is 0. The highest BCUT2D eigenvalue weighted by molar-refractivity contribution is 5.85. The number of hydrogen-bond donors (Lipinski definition) is 2. The van der Waals surface area contributed by atoms with Gasteiger partial charge < -0.3 is 20.3 Å². The number of halogens is 1. The Hall–Kier alpha value is -1.11. The average molecular weight is 290 g/mol. The topological polar surface area (TPSA) is 92.6 Å². The van der Waals surface area contributed by atoms with E-state index in [0.717, 1.165) is 5.69 Å². The highest BCUT2D eigenvalue weighted by Crippen LogP contribution is 2.26. The van der Waals surface area contributed by atoms with Crippen molar-refractivity contribution >= 4 is 18.3 Å². The van der Waals surface area contributed by atoms with Crippen molar-refractivity contribution in [3.05, 3.63) is 17.5 Å². The molecule has 0 aromatic carbocycles. The second-order valence-electron chi connectivity index (χ2n) is 5.03. The summed E-state index contributed by atoms with van der Waals surface area (Å²) >= 11 is 0. The summed E-state index contributed by atoms with van der Waals surface area (Å²) in [6.45, 7) is 2.22. The normalized spacial score (nSPS) is 26.0. The van der Waals surface area contributed by atoms with Gasteiger partial charge in [0.1, 0.15) is 0 Å². The Morgan fingerprint density at radius 1 is 1.63 bits per heavy atom. The Kier molecular flexibility index (Phi) is 5.34. The summed E-state index contributed by atoms with van der Waals surface area (Å²) in [5.74, 6) is 0.464. The van der Waals surface area contributed by atoms with Crippen LogP contribution in [-0.2, 0) is 11.3 Å². The number of aliphatic hydroxyl groups is 1. The number of nitrogens with two attached hydrogens (primary N) is 1. The van der Waals surface area contributed by atoms with Crippen LogP contribution in [-0.4, -0.2) is 40.3 Å². The van der Waals surface area contributed by atoms with Crippen molar-refractivity contribution in [2.24, 2.45) is 11.7 Å². The molecule has 1 amide bonds. The lowest BCUT2D eigenvalue weighted by molar-refractivity contribution is -0.135. The van der Waals surface area contributed by atoms with Crippen molar-refractivity contribution in [1.82, 2.24) is 10.1 Å². The van der Waals surface area contributed by atoms with Crippen molar-refractivity contribution in [1.29, 1.82) is 0 Å². The molecule has 7 heteroatoms. The zero-order chi connectivity index (χ0) is 13.3. The summed E-state index contributed by atoms with van der Waals surface area (Å²) in [5.41, 5.74) is 6.51. The molecule has 3 atom stereocenters. The molecule has 0 radical (unpaired) electrons. The largest absolute Gasteiger partial charge is 0.391 e. The third-order valence-electron chi connectivity index (χ3n) is 3.37. The molecule has 1 aliphatic rings. The Morgan fingerprint density at radius 2 is 2.32 bits per heavy atom. The summed E-state index contributed by atoms with van der Waals surface area (Å²) < 4.78 is 5.07. The maximum atomic E-state index is 12.1. The first-order valence-electron chi connectivity index (χ1n) is 6.08. The Labute approximate surface area is 118 Å². The minimum atomic E-state index is -0.570. The minimum Gasteiger partial charge on any atom is -0.391 e. The second kappa shape index (κ2) is 6.36. The van der Waals surface area contributed by atoms with E-state index in [0.29, 0.717) is 25.1 Å². The van der Waals surface area contributed by atoms with Crippen LogP contribution in [0.3, 0.4) is 0 Å². The smallest absolute Gasteiger partial charge is 0.225 e. The Bertz CT molecular complexity index is 428. The molecule has 1 aliphatic carbocycles. The SMILES string of the molecule is Cc1cc(CN(C)C(=O)[C@H]2C[C@@H](N)[C@H](O)C2)on1.Cl.